The number of amides is 1. The summed E-state index contributed by atoms with van der Waals surface area (Å²) in [5.74, 6) is 0.590. The molecule has 1 aliphatic rings. The number of nitrogens with one attached hydrogen (secondary N) is 2. The van der Waals surface area contributed by atoms with Crippen molar-refractivity contribution >= 4 is 21.6 Å². The zero-order valence-corrected chi connectivity index (χ0v) is 17.4. The lowest BCUT2D eigenvalue weighted by molar-refractivity contribution is 0.0981. The SMILES string of the molecule is COc1ccc(C(=O)N2c3cc(CNS(=O)(=O)c4cnc[nH]4)ccc3CC2C)cc1. The van der Waals surface area contributed by atoms with Gasteiger partial charge in [-0.2, -0.15) is 0 Å². The molecule has 30 heavy (non-hydrogen) atoms. The number of H-pyrrole nitrogens is 1. The van der Waals surface area contributed by atoms with Crippen LogP contribution in [0, 0.1) is 0 Å². The first kappa shape index (κ1) is 20.1. The number of aromatic nitrogens is 2. The predicted octanol–water partition coefficient (Wildman–Crippen LogP) is 2.49. The van der Waals surface area contributed by atoms with Crippen molar-refractivity contribution in [3.05, 3.63) is 71.7 Å². The summed E-state index contributed by atoms with van der Waals surface area (Å²) in [6.45, 7) is 2.11. The normalized spacial score (nSPS) is 15.8. The maximum absolute atomic E-state index is 13.2. The molecule has 2 aromatic carbocycles. The molecule has 3 aromatic rings. The van der Waals surface area contributed by atoms with Crippen LogP contribution in [0.15, 0.2) is 60.0 Å². The zero-order valence-electron chi connectivity index (χ0n) is 16.6. The fourth-order valence-electron chi connectivity index (χ4n) is 3.59. The van der Waals surface area contributed by atoms with E-state index in [1.165, 1.54) is 12.5 Å². The first-order chi connectivity index (χ1) is 14.4. The number of hydrogen-bond acceptors (Lipinski definition) is 5. The molecule has 1 amide bonds. The van der Waals surface area contributed by atoms with Crippen LogP contribution in [0.3, 0.4) is 0 Å². The van der Waals surface area contributed by atoms with Crippen molar-refractivity contribution in [2.24, 2.45) is 0 Å². The van der Waals surface area contributed by atoms with Crippen molar-refractivity contribution in [1.29, 1.82) is 0 Å². The molecule has 4 rings (SSSR count). The molecule has 156 valence electrons. The van der Waals surface area contributed by atoms with E-state index >= 15 is 0 Å². The minimum Gasteiger partial charge on any atom is -0.497 e. The molecule has 1 aliphatic heterocycles. The smallest absolute Gasteiger partial charge is 0.258 e. The van der Waals surface area contributed by atoms with Crippen LogP contribution in [0.25, 0.3) is 0 Å². The lowest BCUT2D eigenvalue weighted by Crippen LogP contribution is -2.35. The van der Waals surface area contributed by atoms with Gasteiger partial charge in [0.15, 0.2) is 5.03 Å². The van der Waals surface area contributed by atoms with E-state index in [2.05, 4.69) is 14.7 Å². The van der Waals surface area contributed by atoms with Gasteiger partial charge in [0, 0.05) is 23.8 Å². The minimum absolute atomic E-state index is 0.00605. The summed E-state index contributed by atoms with van der Waals surface area (Å²) in [4.78, 5) is 21.3. The lowest BCUT2D eigenvalue weighted by Gasteiger charge is -2.23. The molecule has 1 aromatic heterocycles. The topological polar surface area (TPSA) is 104 Å². The van der Waals surface area contributed by atoms with E-state index in [1.54, 1.807) is 36.3 Å². The molecule has 0 saturated carbocycles. The van der Waals surface area contributed by atoms with Gasteiger partial charge in [0.05, 0.1) is 19.6 Å². The summed E-state index contributed by atoms with van der Waals surface area (Å²) in [6.07, 6.45) is 3.31. The van der Waals surface area contributed by atoms with Crippen LogP contribution in [0.2, 0.25) is 0 Å². The van der Waals surface area contributed by atoms with Crippen molar-refractivity contribution in [1.82, 2.24) is 14.7 Å². The molecule has 2 N–H and O–H groups in total. The van der Waals surface area contributed by atoms with Crippen molar-refractivity contribution in [3.8, 4) is 5.75 Å². The van der Waals surface area contributed by atoms with Gasteiger partial charge < -0.3 is 14.6 Å². The highest BCUT2D eigenvalue weighted by Gasteiger charge is 2.31. The number of carbonyl (C=O) groups excluding carboxylic acids is 1. The van der Waals surface area contributed by atoms with Crippen molar-refractivity contribution in [2.45, 2.75) is 31.0 Å². The second-order valence-electron chi connectivity index (χ2n) is 7.16. The quantitative estimate of drug-likeness (QED) is 0.630. The van der Waals surface area contributed by atoms with E-state index < -0.39 is 10.0 Å². The highest BCUT2D eigenvalue weighted by Crippen LogP contribution is 2.34. The molecule has 1 atom stereocenters. The molecule has 0 radical (unpaired) electrons. The average molecular weight is 426 g/mol. The van der Waals surface area contributed by atoms with E-state index in [9.17, 15) is 13.2 Å². The van der Waals surface area contributed by atoms with E-state index in [0.717, 1.165) is 23.2 Å². The van der Waals surface area contributed by atoms with Crippen LogP contribution in [-0.2, 0) is 23.0 Å². The first-order valence-corrected chi connectivity index (χ1v) is 10.9. The average Bonchev–Trinajstić information content (AvgIpc) is 3.40. The van der Waals surface area contributed by atoms with E-state index in [0.29, 0.717) is 11.3 Å². The summed E-state index contributed by atoms with van der Waals surface area (Å²) in [6, 6.07) is 12.7. The Morgan fingerprint density at radius 2 is 2.03 bits per heavy atom. The molecule has 0 spiro atoms. The van der Waals surface area contributed by atoms with Crippen LogP contribution >= 0.6 is 0 Å². The van der Waals surface area contributed by atoms with Gasteiger partial charge in [0.25, 0.3) is 15.9 Å². The van der Waals surface area contributed by atoms with Gasteiger partial charge in [0.1, 0.15) is 5.75 Å². The highest BCUT2D eigenvalue weighted by atomic mass is 32.2. The van der Waals surface area contributed by atoms with Gasteiger partial charge in [-0.25, -0.2) is 18.1 Å². The number of fused-ring (bicyclic) bond motifs is 1. The van der Waals surface area contributed by atoms with Gasteiger partial charge in [0.2, 0.25) is 0 Å². The number of benzene rings is 2. The Morgan fingerprint density at radius 1 is 1.27 bits per heavy atom. The lowest BCUT2D eigenvalue weighted by atomic mass is 10.1. The molecule has 0 fully saturated rings. The second-order valence-corrected chi connectivity index (χ2v) is 8.90. The number of carbonyl (C=O) groups is 1. The molecular weight excluding hydrogens is 404 g/mol. The summed E-state index contributed by atoms with van der Waals surface area (Å²) in [7, 11) is -2.10. The number of hydrogen-bond donors (Lipinski definition) is 2. The Morgan fingerprint density at radius 3 is 2.70 bits per heavy atom. The maximum atomic E-state index is 13.2. The number of rotatable bonds is 6. The Hall–Kier alpha value is -3.17. The summed E-state index contributed by atoms with van der Waals surface area (Å²) < 4.78 is 32.3. The van der Waals surface area contributed by atoms with Gasteiger partial charge in [-0.1, -0.05) is 12.1 Å². The molecular formula is C21H22N4O4S. The van der Waals surface area contributed by atoms with Gasteiger partial charge in [-0.05, 0) is 54.8 Å². The summed E-state index contributed by atoms with van der Waals surface area (Å²) in [5.41, 5.74) is 3.20. The van der Waals surface area contributed by atoms with Gasteiger partial charge in [-0.3, -0.25) is 4.79 Å². The van der Waals surface area contributed by atoms with E-state index in [1.807, 2.05) is 25.1 Å². The maximum Gasteiger partial charge on any atom is 0.258 e. The monoisotopic (exact) mass is 426 g/mol. The number of methoxy groups -OCH3 is 1. The Kier molecular flexibility index (Phi) is 5.31. The summed E-state index contributed by atoms with van der Waals surface area (Å²) >= 11 is 0. The number of anilines is 1. The third-order valence-corrected chi connectivity index (χ3v) is 6.48. The summed E-state index contributed by atoms with van der Waals surface area (Å²) in [5, 5.41) is 0.00796. The number of nitrogens with zero attached hydrogens (tertiary/aromatic N) is 2. The predicted molar refractivity (Wildman–Crippen MR) is 112 cm³/mol. The van der Waals surface area contributed by atoms with Gasteiger partial charge in [-0.15, -0.1) is 0 Å². The molecule has 8 nitrogen and oxygen atoms in total. The minimum atomic E-state index is -3.68. The molecule has 1 unspecified atom stereocenters. The first-order valence-electron chi connectivity index (χ1n) is 9.46. The van der Waals surface area contributed by atoms with E-state index in [-0.39, 0.29) is 23.5 Å². The van der Waals surface area contributed by atoms with Crippen molar-refractivity contribution < 1.29 is 17.9 Å². The van der Waals surface area contributed by atoms with Crippen LogP contribution in [0.5, 0.6) is 5.75 Å². The fraction of sp³-hybridized carbons (Fsp3) is 0.238. The van der Waals surface area contributed by atoms with Crippen LogP contribution in [0.4, 0.5) is 5.69 Å². The van der Waals surface area contributed by atoms with Crippen molar-refractivity contribution in [2.75, 3.05) is 12.0 Å². The molecule has 0 saturated heterocycles. The number of imidazole rings is 1. The zero-order chi connectivity index (χ0) is 21.3. The number of sulfonamides is 1. The largest absolute Gasteiger partial charge is 0.497 e. The Labute approximate surface area is 175 Å². The second kappa shape index (κ2) is 7.92. The standard InChI is InChI=1S/C21H22N4O4S/c1-14-9-17-4-3-15(11-24-30(27,28)20-12-22-13-23-20)10-19(17)25(14)21(26)16-5-7-18(29-2)8-6-16/h3-8,10,12-14,24H,9,11H2,1-2H3,(H,22,23). The Bertz CT molecular complexity index is 1160. The van der Waals surface area contributed by atoms with E-state index in [4.69, 9.17) is 4.74 Å². The third-order valence-electron chi connectivity index (χ3n) is 5.15. The highest BCUT2D eigenvalue weighted by molar-refractivity contribution is 7.89. The van der Waals surface area contributed by atoms with Crippen LogP contribution < -0.4 is 14.4 Å². The van der Waals surface area contributed by atoms with Gasteiger partial charge >= 0.3 is 0 Å². The molecule has 0 bridgehead atoms. The van der Waals surface area contributed by atoms with Crippen molar-refractivity contribution in [3.63, 3.8) is 0 Å². The van der Waals surface area contributed by atoms with Crippen LogP contribution in [-0.4, -0.2) is 37.4 Å². The number of ether oxygens (including phenoxy) is 1. The Balaban J connectivity index is 1.56. The number of aromatic amines is 1. The molecule has 0 aliphatic carbocycles. The fourth-order valence-corrected chi connectivity index (χ4v) is 4.51. The molecule has 9 heteroatoms. The third kappa shape index (κ3) is 3.81. The molecule has 2 heterocycles. The van der Waals surface area contributed by atoms with Crippen LogP contribution in [0.1, 0.15) is 28.4 Å².